The summed E-state index contributed by atoms with van der Waals surface area (Å²) < 4.78 is 72.8. The van der Waals surface area contributed by atoms with Crippen LogP contribution in [0.3, 0.4) is 0 Å². The lowest BCUT2D eigenvalue weighted by atomic mass is 9.88. The molecule has 1 aliphatic rings. The molecule has 1 fully saturated rings. The molecule has 2 aromatic rings. The molecule has 0 saturated carbocycles. The molecule has 1 amide bonds. The van der Waals surface area contributed by atoms with E-state index in [1.165, 1.54) is 32.2 Å². The molecule has 2 N–H and O–H groups in total. The van der Waals surface area contributed by atoms with E-state index in [0.717, 1.165) is 17.0 Å². The van der Waals surface area contributed by atoms with Crippen LogP contribution in [0.2, 0.25) is 5.02 Å². The quantitative estimate of drug-likeness (QED) is 0.175. The highest BCUT2D eigenvalue weighted by Crippen LogP contribution is 2.36. The van der Waals surface area contributed by atoms with E-state index in [4.69, 9.17) is 21.7 Å². The number of carbonyl (C=O) groups is 1. The molecule has 1 aromatic carbocycles. The summed E-state index contributed by atoms with van der Waals surface area (Å²) in [6.07, 6.45) is -4.51. The highest BCUT2D eigenvalue weighted by atomic mass is 35.5. The van der Waals surface area contributed by atoms with Gasteiger partial charge in [0.25, 0.3) is 11.8 Å². The Morgan fingerprint density at radius 3 is 2.64 bits per heavy atom. The SMILES string of the molecule is CN/N=N\C(=N)c1ccc(Cl)cc1C(=O)N1CC(F)(F)C[C@@H](C)[C@H]1COc1ccc(C(F)(F)F)cn1. The molecule has 0 radical (unpaired) electrons. The van der Waals surface area contributed by atoms with Gasteiger partial charge >= 0.3 is 6.18 Å². The van der Waals surface area contributed by atoms with Crippen molar-refractivity contribution in [3.05, 3.63) is 58.2 Å². The lowest BCUT2D eigenvalue weighted by Crippen LogP contribution is -2.57. The van der Waals surface area contributed by atoms with Crippen molar-refractivity contribution >= 4 is 23.3 Å². The number of ether oxygens (including phenoxy) is 1. The van der Waals surface area contributed by atoms with Gasteiger partial charge in [0, 0.05) is 36.3 Å². The van der Waals surface area contributed by atoms with Crippen LogP contribution in [0, 0.1) is 11.3 Å². The van der Waals surface area contributed by atoms with Crippen LogP contribution in [0.1, 0.15) is 34.8 Å². The second kappa shape index (κ2) is 10.7. The normalized spacial score (nSPS) is 19.8. The number of benzene rings is 1. The van der Waals surface area contributed by atoms with Crippen molar-refractivity contribution < 1.29 is 31.5 Å². The van der Waals surface area contributed by atoms with Crippen LogP contribution in [0.5, 0.6) is 5.88 Å². The summed E-state index contributed by atoms with van der Waals surface area (Å²) in [6, 6.07) is 4.95. The molecule has 1 saturated heterocycles. The van der Waals surface area contributed by atoms with Crippen LogP contribution in [0.4, 0.5) is 22.0 Å². The Morgan fingerprint density at radius 1 is 1.31 bits per heavy atom. The predicted octanol–water partition coefficient (Wildman–Crippen LogP) is 5.23. The number of nitrogens with zero attached hydrogens (tertiary/aromatic N) is 4. The maximum Gasteiger partial charge on any atom is 0.417 e. The number of hydrogen-bond acceptors (Lipinski definition) is 5. The average molecular weight is 533 g/mol. The van der Waals surface area contributed by atoms with Gasteiger partial charge in [-0.05, 0) is 30.2 Å². The van der Waals surface area contributed by atoms with Crippen molar-refractivity contribution in [2.75, 3.05) is 20.2 Å². The van der Waals surface area contributed by atoms with E-state index in [0.29, 0.717) is 6.20 Å². The van der Waals surface area contributed by atoms with Crippen molar-refractivity contribution in [3.63, 3.8) is 0 Å². The Bertz CT molecular complexity index is 1140. The largest absolute Gasteiger partial charge is 0.475 e. The Labute approximate surface area is 208 Å². The Morgan fingerprint density at radius 2 is 2.03 bits per heavy atom. The standard InChI is InChI=1S/C22H22ClF5N6O2/c1-12-8-21(24,25)11-34(17(12)10-36-18-6-3-13(9-31-18)22(26,27)28)20(35)16-7-14(23)4-5-15(16)19(29)32-33-30-2/h3-7,9,12,17H,8,10-11H2,1-2H3,(H2,29,30,32)/t12-,17-/m1/s1. The van der Waals surface area contributed by atoms with Gasteiger partial charge in [-0.25, -0.2) is 13.8 Å². The maximum atomic E-state index is 14.5. The summed E-state index contributed by atoms with van der Waals surface area (Å²) in [6.45, 7) is 0.291. The van der Waals surface area contributed by atoms with E-state index in [-0.39, 0.29) is 28.6 Å². The molecule has 3 rings (SSSR count). The number of amidine groups is 1. The van der Waals surface area contributed by atoms with E-state index in [2.05, 4.69) is 20.7 Å². The minimum absolute atomic E-state index is 0.0222. The van der Waals surface area contributed by atoms with Crippen molar-refractivity contribution in [3.8, 4) is 5.88 Å². The van der Waals surface area contributed by atoms with Gasteiger partial charge in [0.05, 0.1) is 23.7 Å². The number of rotatable bonds is 6. The first-order valence-electron chi connectivity index (χ1n) is 10.6. The van der Waals surface area contributed by atoms with Gasteiger partial charge < -0.3 is 9.64 Å². The number of amides is 1. The summed E-state index contributed by atoms with van der Waals surface area (Å²) in [5.74, 6) is -5.33. The van der Waals surface area contributed by atoms with Crippen LogP contribution in [0.25, 0.3) is 0 Å². The Kier molecular flexibility index (Phi) is 8.12. The van der Waals surface area contributed by atoms with Gasteiger partial charge in [-0.1, -0.05) is 23.7 Å². The van der Waals surface area contributed by atoms with E-state index in [1.54, 1.807) is 0 Å². The third kappa shape index (κ3) is 6.45. The number of nitrogens with one attached hydrogen (secondary N) is 2. The fraction of sp³-hybridized carbons (Fsp3) is 0.409. The van der Waals surface area contributed by atoms with E-state index < -0.39 is 54.3 Å². The molecule has 2 heterocycles. The molecule has 8 nitrogen and oxygen atoms in total. The van der Waals surface area contributed by atoms with Gasteiger partial charge in [0.2, 0.25) is 5.88 Å². The van der Waals surface area contributed by atoms with E-state index in [9.17, 15) is 26.7 Å². The predicted molar refractivity (Wildman–Crippen MR) is 120 cm³/mol. The molecule has 0 bridgehead atoms. The lowest BCUT2D eigenvalue weighted by Gasteiger charge is -2.43. The fourth-order valence-electron chi connectivity index (χ4n) is 3.83. The third-order valence-corrected chi connectivity index (χ3v) is 5.76. The van der Waals surface area contributed by atoms with Crippen molar-refractivity contribution in [2.45, 2.75) is 31.5 Å². The molecular weight excluding hydrogens is 511 g/mol. The molecule has 2 atom stereocenters. The first kappa shape index (κ1) is 27.2. The summed E-state index contributed by atoms with van der Waals surface area (Å²) in [4.78, 5) is 18.1. The molecule has 36 heavy (non-hydrogen) atoms. The average Bonchev–Trinajstić information content (AvgIpc) is 2.80. The fourth-order valence-corrected chi connectivity index (χ4v) is 4.01. The summed E-state index contributed by atoms with van der Waals surface area (Å²) in [7, 11) is 1.46. The highest BCUT2D eigenvalue weighted by Gasteiger charge is 2.47. The zero-order valence-electron chi connectivity index (χ0n) is 19.1. The number of carbonyl (C=O) groups excluding carboxylic acids is 1. The van der Waals surface area contributed by atoms with Crippen LogP contribution in [-0.4, -0.2) is 53.8 Å². The molecular formula is C22H22ClF5N6O2. The Balaban J connectivity index is 1.90. The lowest BCUT2D eigenvalue weighted by molar-refractivity contribution is -0.137. The number of alkyl halides is 5. The third-order valence-electron chi connectivity index (χ3n) is 5.52. The minimum Gasteiger partial charge on any atom is -0.475 e. The molecule has 1 aliphatic heterocycles. The van der Waals surface area contributed by atoms with Crippen molar-refractivity contribution in [2.24, 2.45) is 16.3 Å². The molecule has 1 aromatic heterocycles. The molecule has 0 spiro atoms. The number of halogens is 6. The molecule has 194 valence electrons. The van der Waals surface area contributed by atoms with Gasteiger partial charge in [-0.15, -0.1) is 5.11 Å². The number of aromatic nitrogens is 1. The summed E-state index contributed by atoms with van der Waals surface area (Å²) >= 11 is 6.05. The van der Waals surface area contributed by atoms with E-state index >= 15 is 0 Å². The van der Waals surface area contributed by atoms with Crippen LogP contribution >= 0.6 is 11.6 Å². The van der Waals surface area contributed by atoms with Crippen LogP contribution in [0.15, 0.2) is 46.9 Å². The first-order chi connectivity index (χ1) is 16.8. The zero-order chi connectivity index (χ0) is 26.7. The smallest absolute Gasteiger partial charge is 0.417 e. The topological polar surface area (TPSA) is 103 Å². The highest BCUT2D eigenvalue weighted by molar-refractivity contribution is 6.31. The summed E-state index contributed by atoms with van der Waals surface area (Å²) in [5, 5.41) is 15.3. The number of piperidine rings is 1. The molecule has 0 unspecified atom stereocenters. The second-order valence-electron chi connectivity index (χ2n) is 8.19. The van der Waals surface area contributed by atoms with Crippen molar-refractivity contribution in [1.29, 1.82) is 5.41 Å². The molecule has 0 aliphatic carbocycles. The van der Waals surface area contributed by atoms with Gasteiger partial charge in [0.1, 0.15) is 6.61 Å². The van der Waals surface area contributed by atoms with Crippen molar-refractivity contribution in [1.82, 2.24) is 15.3 Å². The zero-order valence-corrected chi connectivity index (χ0v) is 19.9. The van der Waals surface area contributed by atoms with E-state index in [1.807, 2.05) is 0 Å². The molecule has 14 heteroatoms. The van der Waals surface area contributed by atoms with Gasteiger partial charge in [-0.3, -0.25) is 15.6 Å². The summed E-state index contributed by atoms with van der Waals surface area (Å²) in [5.41, 5.74) is 1.29. The van der Waals surface area contributed by atoms with Crippen LogP contribution < -0.4 is 10.2 Å². The maximum absolute atomic E-state index is 14.5. The minimum atomic E-state index is -4.58. The number of likely N-dealkylation sites (tertiary alicyclic amines) is 1. The first-order valence-corrected chi connectivity index (χ1v) is 11.0. The van der Waals surface area contributed by atoms with Gasteiger partial charge in [-0.2, -0.15) is 13.2 Å². The number of hydrogen-bond donors (Lipinski definition) is 2. The number of pyridine rings is 1. The van der Waals surface area contributed by atoms with Gasteiger partial charge in [0.15, 0.2) is 5.84 Å². The monoisotopic (exact) mass is 532 g/mol. The second-order valence-corrected chi connectivity index (χ2v) is 8.63. The Hall–Kier alpha value is -3.35. The van der Waals surface area contributed by atoms with Crippen LogP contribution in [-0.2, 0) is 6.18 Å².